The third-order valence-corrected chi connectivity index (χ3v) is 4.08. The summed E-state index contributed by atoms with van der Waals surface area (Å²) in [7, 11) is 0. The van der Waals surface area contributed by atoms with Gasteiger partial charge in [0.05, 0.1) is 10.9 Å². The number of nitrogens with one attached hydrogen (secondary N) is 1. The van der Waals surface area contributed by atoms with Gasteiger partial charge in [-0.25, -0.2) is 4.39 Å². The third kappa shape index (κ3) is 4.99. The highest BCUT2D eigenvalue weighted by molar-refractivity contribution is 6.32. The number of benzene rings is 1. The topological polar surface area (TPSA) is 38.3 Å². The first kappa shape index (κ1) is 17.8. The minimum absolute atomic E-state index is 0.0105. The standard InChI is InChI=1S/C15H16ClF4NO2/c16-11-7-9(17)5-6-13(11)23-8-14(22)21-12-4-2-1-3-10(12)15(18,19)20/h5-7,10,12H,1-4,8H2,(H,21,22)/t10-,12+/m1/s1. The Balaban J connectivity index is 1.90. The van der Waals surface area contributed by atoms with E-state index in [1.165, 1.54) is 6.07 Å². The maximum absolute atomic E-state index is 12.9. The summed E-state index contributed by atoms with van der Waals surface area (Å²) in [5.74, 6) is -2.65. The minimum Gasteiger partial charge on any atom is -0.482 e. The largest absolute Gasteiger partial charge is 0.482 e. The lowest BCUT2D eigenvalue weighted by atomic mass is 9.84. The molecule has 0 heterocycles. The van der Waals surface area contributed by atoms with Crippen LogP contribution in [0.1, 0.15) is 25.7 Å². The van der Waals surface area contributed by atoms with Gasteiger partial charge in [-0.3, -0.25) is 4.79 Å². The lowest BCUT2D eigenvalue weighted by Crippen LogP contribution is -2.48. The molecular weight excluding hydrogens is 338 g/mol. The monoisotopic (exact) mass is 353 g/mol. The Morgan fingerprint density at radius 3 is 2.65 bits per heavy atom. The molecule has 3 nitrogen and oxygen atoms in total. The van der Waals surface area contributed by atoms with Gasteiger partial charge in [0.2, 0.25) is 0 Å². The number of halogens is 5. The van der Waals surface area contributed by atoms with Gasteiger partial charge < -0.3 is 10.1 Å². The summed E-state index contributed by atoms with van der Waals surface area (Å²) < 4.78 is 56.9. The number of carbonyl (C=O) groups is 1. The molecule has 1 aromatic carbocycles. The molecule has 1 amide bonds. The van der Waals surface area contributed by atoms with Crippen LogP contribution in [0.15, 0.2) is 18.2 Å². The van der Waals surface area contributed by atoms with Crippen molar-refractivity contribution >= 4 is 17.5 Å². The molecule has 1 saturated carbocycles. The highest BCUT2D eigenvalue weighted by atomic mass is 35.5. The van der Waals surface area contributed by atoms with Gasteiger partial charge in [0.1, 0.15) is 11.6 Å². The number of hydrogen-bond donors (Lipinski definition) is 1. The van der Waals surface area contributed by atoms with Crippen LogP contribution < -0.4 is 10.1 Å². The number of ether oxygens (including phenoxy) is 1. The maximum atomic E-state index is 12.9. The van der Waals surface area contributed by atoms with Gasteiger partial charge in [0.15, 0.2) is 6.61 Å². The molecule has 0 bridgehead atoms. The molecule has 0 spiro atoms. The lowest BCUT2D eigenvalue weighted by molar-refractivity contribution is -0.189. The molecule has 0 radical (unpaired) electrons. The Labute approximate surface area is 136 Å². The van der Waals surface area contributed by atoms with Crippen molar-refractivity contribution < 1.29 is 27.1 Å². The highest BCUT2D eigenvalue weighted by Gasteiger charge is 2.45. The summed E-state index contributed by atoms with van der Waals surface area (Å²) in [5, 5.41) is 2.36. The van der Waals surface area contributed by atoms with Crippen molar-refractivity contribution in [2.24, 2.45) is 5.92 Å². The smallest absolute Gasteiger partial charge is 0.393 e. The zero-order valence-electron chi connectivity index (χ0n) is 12.1. The van der Waals surface area contributed by atoms with Crippen molar-refractivity contribution in [2.75, 3.05) is 6.61 Å². The predicted molar refractivity (Wildman–Crippen MR) is 76.8 cm³/mol. The molecule has 1 aliphatic rings. The van der Waals surface area contributed by atoms with Crippen LogP contribution in [0.4, 0.5) is 17.6 Å². The van der Waals surface area contributed by atoms with E-state index < -0.39 is 36.5 Å². The molecular formula is C15H16ClF4NO2. The van der Waals surface area contributed by atoms with Crippen molar-refractivity contribution in [1.82, 2.24) is 5.32 Å². The van der Waals surface area contributed by atoms with Crippen LogP contribution in [0.3, 0.4) is 0 Å². The molecule has 0 saturated heterocycles. The lowest BCUT2D eigenvalue weighted by Gasteiger charge is -2.33. The third-order valence-electron chi connectivity index (χ3n) is 3.79. The Bertz CT molecular complexity index is 565. The second kappa shape index (κ2) is 7.38. The molecule has 0 unspecified atom stereocenters. The quantitative estimate of drug-likeness (QED) is 0.828. The number of rotatable bonds is 4. The average molecular weight is 354 g/mol. The SMILES string of the molecule is O=C(COc1ccc(F)cc1Cl)N[C@H]1CCCC[C@H]1C(F)(F)F. The Morgan fingerprint density at radius 2 is 2.00 bits per heavy atom. The van der Waals surface area contributed by atoms with Crippen molar-refractivity contribution in [3.63, 3.8) is 0 Å². The van der Waals surface area contributed by atoms with E-state index in [4.69, 9.17) is 16.3 Å². The number of hydrogen-bond acceptors (Lipinski definition) is 2. The zero-order valence-corrected chi connectivity index (χ0v) is 12.9. The van der Waals surface area contributed by atoms with Crippen LogP contribution in [-0.2, 0) is 4.79 Å². The molecule has 1 fully saturated rings. The maximum Gasteiger partial charge on any atom is 0.393 e. The van der Waals surface area contributed by atoms with E-state index in [1.54, 1.807) is 0 Å². The van der Waals surface area contributed by atoms with Gasteiger partial charge in [0.25, 0.3) is 5.91 Å². The normalized spacial score (nSPS) is 21.8. The van der Waals surface area contributed by atoms with E-state index in [9.17, 15) is 22.4 Å². The fourth-order valence-electron chi connectivity index (χ4n) is 2.68. The fraction of sp³-hybridized carbons (Fsp3) is 0.533. The summed E-state index contributed by atoms with van der Waals surface area (Å²) >= 11 is 5.74. The van der Waals surface area contributed by atoms with Gasteiger partial charge in [-0.1, -0.05) is 24.4 Å². The number of amides is 1. The summed E-state index contributed by atoms with van der Waals surface area (Å²) in [5.41, 5.74) is 0. The molecule has 0 aliphatic heterocycles. The second-order valence-corrected chi connectivity index (χ2v) is 5.88. The summed E-state index contributed by atoms with van der Waals surface area (Å²) in [6.45, 7) is -0.480. The van der Waals surface area contributed by atoms with Gasteiger partial charge in [-0.2, -0.15) is 13.2 Å². The van der Waals surface area contributed by atoms with Crippen molar-refractivity contribution in [3.8, 4) is 5.75 Å². The average Bonchev–Trinajstić information content (AvgIpc) is 2.46. The first-order valence-electron chi connectivity index (χ1n) is 7.21. The Morgan fingerprint density at radius 1 is 1.30 bits per heavy atom. The van der Waals surface area contributed by atoms with Crippen molar-refractivity contribution in [1.29, 1.82) is 0 Å². The van der Waals surface area contributed by atoms with E-state index in [0.717, 1.165) is 12.1 Å². The molecule has 0 aromatic heterocycles. The second-order valence-electron chi connectivity index (χ2n) is 5.47. The van der Waals surface area contributed by atoms with Gasteiger partial charge >= 0.3 is 6.18 Å². The summed E-state index contributed by atoms with van der Waals surface area (Å²) in [6.07, 6.45) is -2.90. The van der Waals surface area contributed by atoms with Gasteiger partial charge in [-0.05, 0) is 31.0 Å². The van der Waals surface area contributed by atoms with Gasteiger partial charge in [0, 0.05) is 6.04 Å². The van der Waals surface area contributed by atoms with E-state index in [0.29, 0.717) is 12.8 Å². The van der Waals surface area contributed by atoms with Crippen LogP contribution in [0.2, 0.25) is 5.02 Å². The molecule has 2 atom stereocenters. The highest BCUT2D eigenvalue weighted by Crippen LogP contribution is 2.37. The number of alkyl halides is 3. The first-order chi connectivity index (χ1) is 10.8. The molecule has 2 rings (SSSR count). The number of carbonyl (C=O) groups excluding carboxylic acids is 1. The molecule has 128 valence electrons. The van der Waals surface area contributed by atoms with Crippen LogP contribution in [0.25, 0.3) is 0 Å². The molecule has 1 N–H and O–H groups in total. The van der Waals surface area contributed by atoms with Crippen LogP contribution in [0, 0.1) is 11.7 Å². The molecule has 8 heteroatoms. The predicted octanol–water partition coefficient (Wildman–Crippen LogP) is 4.10. The minimum atomic E-state index is -4.33. The fourth-order valence-corrected chi connectivity index (χ4v) is 2.90. The van der Waals surface area contributed by atoms with Crippen molar-refractivity contribution in [2.45, 2.75) is 37.9 Å². The Kier molecular flexibility index (Phi) is 5.73. The summed E-state index contributed by atoms with van der Waals surface area (Å²) in [6, 6.07) is 2.45. The van der Waals surface area contributed by atoms with Crippen LogP contribution in [0.5, 0.6) is 5.75 Å². The van der Waals surface area contributed by atoms with E-state index >= 15 is 0 Å². The van der Waals surface area contributed by atoms with E-state index in [1.807, 2.05) is 0 Å². The van der Waals surface area contributed by atoms with Crippen LogP contribution >= 0.6 is 11.6 Å². The van der Waals surface area contributed by atoms with E-state index in [-0.39, 0.29) is 23.6 Å². The van der Waals surface area contributed by atoms with Gasteiger partial charge in [-0.15, -0.1) is 0 Å². The van der Waals surface area contributed by atoms with Crippen LogP contribution in [-0.4, -0.2) is 24.7 Å². The molecule has 1 aliphatic carbocycles. The first-order valence-corrected chi connectivity index (χ1v) is 7.59. The van der Waals surface area contributed by atoms with E-state index in [2.05, 4.69) is 5.32 Å². The molecule has 1 aromatic rings. The Hall–Kier alpha value is -1.50. The summed E-state index contributed by atoms with van der Waals surface area (Å²) in [4.78, 5) is 11.8. The van der Waals surface area contributed by atoms with Crippen molar-refractivity contribution in [3.05, 3.63) is 29.0 Å². The zero-order chi connectivity index (χ0) is 17.0. The molecule has 23 heavy (non-hydrogen) atoms.